The quantitative estimate of drug-likeness (QED) is 0.865. The number of piperazine rings is 1. The Hall–Kier alpha value is -1.46. The van der Waals surface area contributed by atoms with Gasteiger partial charge in [-0.05, 0) is 26.0 Å². The molecule has 0 saturated carbocycles. The van der Waals surface area contributed by atoms with E-state index >= 15 is 0 Å². The molecule has 1 fully saturated rings. The van der Waals surface area contributed by atoms with E-state index < -0.39 is 0 Å². The molecule has 1 saturated heterocycles. The highest BCUT2D eigenvalue weighted by Gasteiger charge is 2.30. The lowest BCUT2D eigenvalue weighted by Crippen LogP contribution is -2.58. The fourth-order valence-corrected chi connectivity index (χ4v) is 2.32. The largest absolute Gasteiger partial charge is 0.336 e. The number of pyridine rings is 1. The van der Waals surface area contributed by atoms with Crippen molar-refractivity contribution in [1.82, 2.24) is 14.8 Å². The van der Waals surface area contributed by atoms with E-state index in [0.29, 0.717) is 12.1 Å². The molecular formula is C14H22N4O. The molecule has 0 aliphatic carbocycles. The summed E-state index contributed by atoms with van der Waals surface area (Å²) in [5, 5.41) is 0. The van der Waals surface area contributed by atoms with E-state index in [-0.39, 0.29) is 11.4 Å². The SMILES string of the molecule is CC(C)(CN)N1CCN(C(=O)c2ccncc2)CC1. The molecule has 0 atom stereocenters. The summed E-state index contributed by atoms with van der Waals surface area (Å²) in [5.41, 5.74) is 6.51. The summed E-state index contributed by atoms with van der Waals surface area (Å²) in [4.78, 5) is 20.5. The van der Waals surface area contributed by atoms with Gasteiger partial charge in [0.05, 0.1) is 0 Å². The van der Waals surface area contributed by atoms with Crippen molar-refractivity contribution in [2.45, 2.75) is 19.4 Å². The molecule has 0 spiro atoms. The van der Waals surface area contributed by atoms with Crippen LogP contribution in [0.15, 0.2) is 24.5 Å². The van der Waals surface area contributed by atoms with E-state index in [1.165, 1.54) is 0 Å². The third kappa shape index (κ3) is 3.11. The second kappa shape index (κ2) is 5.67. The maximum atomic E-state index is 12.3. The lowest BCUT2D eigenvalue weighted by Gasteiger charge is -2.43. The summed E-state index contributed by atoms with van der Waals surface area (Å²) < 4.78 is 0. The Morgan fingerprint density at radius 2 is 1.84 bits per heavy atom. The number of rotatable bonds is 3. The molecule has 1 aliphatic rings. The van der Waals surface area contributed by atoms with Crippen molar-refractivity contribution in [3.05, 3.63) is 30.1 Å². The summed E-state index contributed by atoms with van der Waals surface area (Å²) in [7, 11) is 0. The molecule has 19 heavy (non-hydrogen) atoms. The number of hydrogen-bond donors (Lipinski definition) is 1. The van der Waals surface area contributed by atoms with Crippen LogP contribution >= 0.6 is 0 Å². The van der Waals surface area contributed by atoms with Crippen molar-refractivity contribution in [3.8, 4) is 0 Å². The fraction of sp³-hybridized carbons (Fsp3) is 0.571. The first-order valence-electron chi connectivity index (χ1n) is 6.69. The number of carbonyl (C=O) groups excluding carboxylic acids is 1. The predicted octanol–water partition coefficient (Wildman–Crippen LogP) is 0.577. The van der Waals surface area contributed by atoms with Crippen molar-refractivity contribution >= 4 is 5.91 Å². The molecule has 1 aliphatic heterocycles. The zero-order valence-electron chi connectivity index (χ0n) is 11.7. The topological polar surface area (TPSA) is 62.5 Å². The minimum Gasteiger partial charge on any atom is -0.336 e. The van der Waals surface area contributed by atoms with Crippen LogP contribution in [0.1, 0.15) is 24.2 Å². The summed E-state index contributed by atoms with van der Waals surface area (Å²) in [6, 6.07) is 3.52. The van der Waals surface area contributed by atoms with Crippen LogP contribution in [0.2, 0.25) is 0 Å². The molecule has 2 heterocycles. The first-order valence-corrected chi connectivity index (χ1v) is 6.69. The van der Waals surface area contributed by atoms with Crippen molar-refractivity contribution in [3.63, 3.8) is 0 Å². The van der Waals surface area contributed by atoms with Crippen LogP contribution in [0.4, 0.5) is 0 Å². The maximum Gasteiger partial charge on any atom is 0.254 e. The van der Waals surface area contributed by atoms with Gasteiger partial charge < -0.3 is 10.6 Å². The van der Waals surface area contributed by atoms with Gasteiger partial charge in [-0.3, -0.25) is 14.7 Å². The molecule has 0 radical (unpaired) electrons. The van der Waals surface area contributed by atoms with Crippen LogP contribution in [-0.2, 0) is 0 Å². The second-order valence-electron chi connectivity index (χ2n) is 5.53. The average Bonchev–Trinajstić information content (AvgIpc) is 2.47. The summed E-state index contributed by atoms with van der Waals surface area (Å²) in [6.45, 7) is 8.18. The molecule has 5 heteroatoms. The number of nitrogens with zero attached hydrogens (tertiary/aromatic N) is 3. The first kappa shape index (κ1) is 14.0. The lowest BCUT2D eigenvalue weighted by atomic mass is 10.0. The molecular weight excluding hydrogens is 240 g/mol. The third-order valence-electron chi connectivity index (χ3n) is 3.85. The Kier molecular flexibility index (Phi) is 4.17. The van der Waals surface area contributed by atoms with Gasteiger partial charge in [-0.25, -0.2) is 0 Å². The van der Waals surface area contributed by atoms with Crippen LogP contribution in [-0.4, -0.2) is 59.0 Å². The smallest absolute Gasteiger partial charge is 0.254 e. The van der Waals surface area contributed by atoms with Crippen LogP contribution in [0, 0.1) is 0 Å². The van der Waals surface area contributed by atoms with Crippen LogP contribution in [0.25, 0.3) is 0 Å². The molecule has 1 aromatic rings. The Morgan fingerprint density at radius 1 is 1.26 bits per heavy atom. The number of hydrogen-bond acceptors (Lipinski definition) is 4. The Balaban J connectivity index is 1.95. The summed E-state index contributed by atoms with van der Waals surface area (Å²) in [5.74, 6) is 0.0904. The molecule has 104 valence electrons. The van der Waals surface area contributed by atoms with E-state index in [9.17, 15) is 4.79 Å². The van der Waals surface area contributed by atoms with Gasteiger partial charge in [0.15, 0.2) is 0 Å². The average molecular weight is 262 g/mol. The van der Waals surface area contributed by atoms with Crippen molar-refractivity contribution in [1.29, 1.82) is 0 Å². The van der Waals surface area contributed by atoms with Crippen molar-refractivity contribution in [2.24, 2.45) is 5.73 Å². The van der Waals surface area contributed by atoms with E-state index in [2.05, 4.69) is 23.7 Å². The van der Waals surface area contributed by atoms with Gasteiger partial charge in [0.2, 0.25) is 0 Å². The molecule has 0 aromatic carbocycles. The lowest BCUT2D eigenvalue weighted by molar-refractivity contribution is 0.0426. The molecule has 2 N–H and O–H groups in total. The Morgan fingerprint density at radius 3 is 2.37 bits per heavy atom. The second-order valence-corrected chi connectivity index (χ2v) is 5.53. The zero-order chi connectivity index (χ0) is 13.9. The highest BCUT2D eigenvalue weighted by molar-refractivity contribution is 5.94. The number of carbonyl (C=O) groups is 1. The summed E-state index contributed by atoms with van der Waals surface area (Å²) in [6.07, 6.45) is 3.31. The van der Waals surface area contributed by atoms with Crippen molar-refractivity contribution in [2.75, 3.05) is 32.7 Å². The molecule has 0 unspecified atom stereocenters. The zero-order valence-corrected chi connectivity index (χ0v) is 11.7. The standard InChI is InChI=1S/C14H22N4O/c1-14(2,11-15)18-9-7-17(8-10-18)13(19)12-3-5-16-6-4-12/h3-6H,7-11,15H2,1-2H3. The number of nitrogens with two attached hydrogens (primary N) is 1. The fourth-order valence-electron chi connectivity index (χ4n) is 2.32. The van der Waals surface area contributed by atoms with Gasteiger partial charge in [0, 0.05) is 56.2 Å². The maximum absolute atomic E-state index is 12.3. The monoisotopic (exact) mass is 262 g/mol. The highest BCUT2D eigenvalue weighted by Crippen LogP contribution is 2.16. The van der Waals surface area contributed by atoms with Crippen LogP contribution in [0.5, 0.6) is 0 Å². The summed E-state index contributed by atoms with van der Waals surface area (Å²) >= 11 is 0. The molecule has 0 bridgehead atoms. The van der Waals surface area contributed by atoms with Gasteiger partial charge in [-0.1, -0.05) is 0 Å². The first-order chi connectivity index (χ1) is 9.04. The van der Waals surface area contributed by atoms with Crippen LogP contribution < -0.4 is 5.73 Å². The van der Waals surface area contributed by atoms with E-state index in [1.54, 1.807) is 24.5 Å². The van der Waals surface area contributed by atoms with E-state index in [1.807, 2.05) is 4.90 Å². The molecule has 1 amide bonds. The van der Waals surface area contributed by atoms with Gasteiger partial charge in [0.1, 0.15) is 0 Å². The number of amides is 1. The molecule has 2 rings (SSSR count). The Bertz CT molecular complexity index is 424. The molecule has 1 aromatic heterocycles. The van der Waals surface area contributed by atoms with Gasteiger partial charge in [0.25, 0.3) is 5.91 Å². The van der Waals surface area contributed by atoms with E-state index in [4.69, 9.17) is 5.73 Å². The number of aromatic nitrogens is 1. The third-order valence-corrected chi connectivity index (χ3v) is 3.85. The minimum atomic E-state index is 0.00576. The molecule has 5 nitrogen and oxygen atoms in total. The van der Waals surface area contributed by atoms with E-state index in [0.717, 1.165) is 26.2 Å². The van der Waals surface area contributed by atoms with Gasteiger partial charge >= 0.3 is 0 Å². The van der Waals surface area contributed by atoms with Gasteiger partial charge in [-0.2, -0.15) is 0 Å². The predicted molar refractivity (Wildman–Crippen MR) is 74.8 cm³/mol. The normalized spacial score (nSPS) is 17.5. The Labute approximate surface area is 114 Å². The van der Waals surface area contributed by atoms with Crippen molar-refractivity contribution < 1.29 is 4.79 Å². The van der Waals surface area contributed by atoms with Gasteiger partial charge in [-0.15, -0.1) is 0 Å². The minimum absolute atomic E-state index is 0.00576. The van der Waals surface area contributed by atoms with Crippen LogP contribution in [0.3, 0.4) is 0 Å². The highest BCUT2D eigenvalue weighted by atomic mass is 16.2.